The lowest BCUT2D eigenvalue weighted by Crippen LogP contribution is -2.27. The number of nitrogen functional groups attached to an aromatic ring is 1. The molecule has 21 heavy (non-hydrogen) atoms. The summed E-state index contributed by atoms with van der Waals surface area (Å²) >= 11 is 0. The number of pyridine rings is 1. The number of carbonyl (C=O) groups is 1. The Morgan fingerprint density at radius 2 is 2.00 bits per heavy atom. The first-order valence-corrected chi connectivity index (χ1v) is 7.17. The van der Waals surface area contributed by atoms with Crippen LogP contribution in [-0.4, -0.2) is 17.4 Å². The quantitative estimate of drug-likeness (QED) is 0.856. The van der Waals surface area contributed by atoms with E-state index in [9.17, 15) is 4.79 Å². The third-order valence-corrected chi connectivity index (χ3v) is 3.46. The topological polar surface area (TPSA) is 68.0 Å². The van der Waals surface area contributed by atoms with E-state index in [0.29, 0.717) is 24.6 Å². The third-order valence-electron chi connectivity index (χ3n) is 3.46. The highest BCUT2D eigenvalue weighted by Gasteiger charge is 2.07. The van der Waals surface area contributed by atoms with Crippen LogP contribution in [0.3, 0.4) is 0 Å². The van der Waals surface area contributed by atoms with E-state index in [1.54, 1.807) is 18.3 Å². The van der Waals surface area contributed by atoms with Gasteiger partial charge in [0.25, 0.3) is 0 Å². The molecular weight excluding hydrogens is 262 g/mol. The van der Waals surface area contributed by atoms with E-state index < -0.39 is 0 Å². The second-order valence-electron chi connectivity index (χ2n) is 5.21. The zero-order valence-electron chi connectivity index (χ0n) is 12.3. The van der Waals surface area contributed by atoms with Gasteiger partial charge in [0.05, 0.1) is 18.3 Å². The number of rotatable bonds is 6. The maximum Gasteiger partial charge on any atom is 0.226 e. The van der Waals surface area contributed by atoms with Gasteiger partial charge in [0.15, 0.2) is 0 Å². The second-order valence-corrected chi connectivity index (χ2v) is 5.21. The molecule has 1 unspecified atom stereocenters. The first-order valence-electron chi connectivity index (χ1n) is 7.17. The van der Waals surface area contributed by atoms with E-state index in [1.165, 1.54) is 5.56 Å². The molecule has 3 N–H and O–H groups in total. The average molecular weight is 283 g/mol. The molecule has 0 aliphatic carbocycles. The fourth-order valence-electron chi connectivity index (χ4n) is 2.14. The number of amides is 1. The van der Waals surface area contributed by atoms with Gasteiger partial charge in [-0.2, -0.15) is 0 Å². The molecule has 2 aromatic rings. The molecule has 1 heterocycles. The smallest absolute Gasteiger partial charge is 0.226 e. The van der Waals surface area contributed by atoms with Crippen molar-refractivity contribution in [1.29, 1.82) is 0 Å². The Morgan fingerprint density at radius 3 is 2.67 bits per heavy atom. The largest absolute Gasteiger partial charge is 0.397 e. The van der Waals surface area contributed by atoms with Crippen LogP contribution in [0.15, 0.2) is 48.7 Å². The van der Waals surface area contributed by atoms with Crippen molar-refractivity contribution in [3.05, 3.63) is 59.9 Å². The standard InChI is InChI=1S/C17H21N3O/c1-13(14-5-3-2-4-6-14)9-10-19-17(21)11-16-8-7-15(18)12-20-16/h2-8,12-13H,9-11,18H2,1H3,(H,19,21). The van der Waals surface area contributed by atoms with Crippen molar-refractivity contribution >= 4 is 11.6 Å². The molecule has 0 radical (unpaired) electrons. The predicted molar refractivity (Wildman–Crippen MR) is 84.8 cm³/mol. The van der Waals surface area contributed by atoms with Crippen LogP contribution in [0.5, 0.6) is 0 Å². The van der Waals surface area contributed by atoms with Gasteiger partial charge in [-0.25, -0.2) is 0 Å². The van der Waals surface area contributed by atoms with Crippen molar-refractivity contribution in [2.75, 3.05) is 12.3 Å². The Kier molecular flexibility index (Phi) is 5.32. The minimum Gasteiger partial charge on any atom is -0.397 e. The third kappa shape index (κ3) is 4.91. The highest BCUT2D eigenvalue weighted by atomic mass is 16.1. The highest BCUT2D eigenvalue weighted by Crippen LogP contribution is 2.17. The molecular formula is C17H21N3O. The first kappa shape index (κ1) is 15.0. The first-order chi connectivity index (χ1) is 10.1. The molecule has 110 valence electrons. The molecule has 2 rings (SSSR count). The monoisotopic (exact) mass is 283 g/mol. The van der Waals surface area contributed by atoms with E-state index in [0.717, 1.165) is 12.1 Å². The fourth-order valence-corrected chi connectivity index (χ4v) is 2.14. The van der Waals surface area contributed by atoms with Gasteiger partial charge in [0.2, 0.25) is 5.91 Å². The van der Waals surface area contributed by atoms with Crippen LogP contribution in [-0.2, 0) is 11.2 Å². The van der Waals surface area contributed by atoms with Crippen molar-refractivity contribution in [3.63, 3.8) is 0 Å². The highest BCUT2D eigenvalue weighted by molar-refractivity contribution is 5.78. The van der Waals surface area contributed by atoms with Crippen LogP contribution in [0.2, 0.25) is 0 Å². The predicted octanol–water partition coefficient (Wildman–Crippen LogP) is 2.52. The van der Waals surface area contributed by atoms with Crippen LogP contribution >= 0.6 is 0 Å². The number of hydrogen-bond donors (Lipinski definition) is 2. The van der Waals surface area contributed by atoms with Crippen LogP contribution < -0.4 is 11.1 Å². The van der Waals surface area contributed by atoms with E-state index >= 15 is 0 Å². The molecule has 0 aliphatic heterocycles. The molecule has 0 saturated heterocycles. The Bertz CT molecular complexity index is 566. The summed E-state index contributed by atoms with van der Waals surface area (Å²) in [7, 11) is 0. The summed E-state index contributed by atoms with van der Waals surface area (Å²) in [6.07, 6.45) is 2.78. The van der Waals surface area contributed by atoms with Gasteiger partial charge in [-0.15, -0.1) is 0 Å². The van der Waals surface area contributed by atoms with Crippen molar-refractivity contribution in [2.24, 2.45) is 0 Å². The van der Waals surface area contributed by atoms with Crippen molar-refractivity contribution in [2.45, 2.75) is 25.7 Å². The maximum atomic E-state index is 11.8. The average Bonchev–Trinajstić information content (AvgIpc) is 2.50. The van der Waals surface area contributed by atoms with E-state index in [1.807, 2.05) is 18.2 Å². The van der Waals surface area contributed by atoms with Crippen LogP contribution in [0, 0.1) is 0 Å². The van der Waals surface area contributed by atoms with Gasteiger partial charge >= 0.3 is 0 Å². The second kappa shape index (κ2) is 7.43. The molecule has 4 heteroatoms. The summed E-state index contributed by atoms with van der Waals surface area (Å²) in [5.74, 6) is 0.425. The van der Waals surface area contributed by atoms with Crippen molar-refractivity contribution < 1.29 is 4.79 Å². The maximum absolute atomic E-state index is 11.8. The Hall–Kier alpha value is -2.36. The summed E-state index contributed by atoms with van der Waals surface area (Å²) in [6.45, 7) is 2.84. The number of nitrogens with zero attached hydrogens (tertiary/aromatic N) is 1. The fraction of sp³-hybridized carbons (Fsp3) is 0.294. The molecule has 0 bridgehead atoms. The molecule has 4 nitrogen and oxygen atoms in total. The van der Waals surface area contributed by atoms with E-state index in [4.69, 9.17) is 5.73 Å². The summed E-state index contributed by atoms with van der Waals surface area (Å²) in [4.78, 5) is 16.0. The van der Waals surface area contributed by atoms with Gasteiger partial charge < -0.3 is 11.1 Å². The van der Waals surface area contributed by atoms with E-state index in [2.05, 4.69) is 29.4 Å². The lowest BCUT2D eigenvalue weighted by molar-refractivity contribution is -0.120. The molecule has 1 aromatic heterocycles. The van der Waals surface area contributed by atoms with Crippen LogP contribution in [0.4, 0.5) is 5.69 Å². The zero-order valence-corrected chi connectivity index (χ0v) is 12.3. The molecule has 1 aromatic carbocycles. The van der Waals surface area contributed by atoms with E-state index in [-0.39, 0.29) is 5.91 Å². The van der Waals surface area contributed by atoms with Crippen LogP contribution in [0.1, 0.15) is 30.5 Å². The number of aromatic nitrogens is 1. The Morgan fingerprint density at radius 1 is 1.24 bits per heavy atom. The minimum absolute atomic E-state index is 0.00691. The van der Waals surface area contributed by atoms with Gasteiger partial charge in [0, 0.05) is 12.2 Å². The molecule has 0 fully saturated rings. The van der Waals surface area contributed by atoms with Crippen molar-refractivity contribution in [1.82, 2.24) is 10.3 Å². The summed E-state index contributed by atoms with van der Waals surface area (Å²) in [5.41, 5.74) is 8.20. The number of benzene rings is 1. The molecule has 1 amide bonds. The zero-order chi connectivity index (χ0) is 15.1. The van der Waals surface area contributed by atoms with Gasteiger partial charge in [-0.05, 0) is 30.0 Å². The summed E-state index contributed by atoms with van der Waals surface area (Å²) in [5, 5.41) is 2.94. The minimum atomic E-state index is -0.00691. The Balaban J connectivity index is 1.73. The summed E-state index contributed by atoms with van der Waals surface area (Å²) in [6, 6.07) is 13.9. The number of carbonyl (C=O) groups excluding carboxylic acids is 1. The number of anilines is 1. The lowest BCUT2D eigenvalue weighted by Gasteiger charge is -2.12. The lowest BCUT2D eigenvalue weighted by atomic mass is 9.98. The Labute approximate surface area is 125 Å². The van der Waals surface area contributed by atoms with Gasteiger partial charge in [-0.3, -0.25) is 9.78 Å². The number of nitrogens with one attached hydrogen (secondary N) is 1. The molecule has 0 spiro atoms. The van der Waals surface area contributed by atoms with Crippen molar-refractivity contribution in [3.8, 4) is 0 Å². The number of nitrogens with two attached hydrogens (primary N) is 1. The molecule has 1 atom stereocenters. The molecule has 0 saturated carbocycles. The number of hydrogen-bond acceptors (Lipinski definition) is 3. The van der Waals surface area contributed by atoms with Gasteiger partial charge in [-0.1, -0.05) is 37.3 Å². The summed E-state index contributed by atoms with van der Waals surface area (Å²) < 4.78 is 0. The SMILES string of the molecule is CC(CCNC(=O)Cc1ccc(N)cn1)c1ccccc1. The van der Waals surface area contributed by atoms with Crippen LogP contribution in [0.25, 0.3) is 0 Å². The normalized spacial score (nSPS) is 11.9. The molecule has 0 aliphatic rings. The van der Waals surface area contributed by atoms with Gasteiger partial charge in [0.1, 0.15) is 0 Å².